The molecule has 0 fully saturated rings. The van der Waals surface area contributed by atoms with Crippen LogP contribution in [0.3, 0.4) is 0 Å². The highest BCUT2D eigenvalue weighted by molar-refractivity contribution is 6.03. The number of fused-ring (bicyclic) bond motifs is 1. The summed E-state index contributed by atoms with van der Waals surface area (Å²) in [4.78, 5) is 16.3. The Hall–Kier alpha value is -2.20. The molecule has 4 nitrogen and oxygen atoms in total. The van der Waals surface area contributed by atoms with E-state index in [-0.39, 0.29) is 5.91 Å². The van der Waals surface area contributed by atoms with Crippen molar-refractivity contribution in [3.05, 3.63) is 58.8 Å². The van der Waals surface area contributed by atoms with Crippen LogP contribution in [0.4, 0.5) is 5.82 Å². The highest BCUT2D eigenvalue weighted by atomic mass is 16.1. The third kappa shape index (κ3) is 2.48. The van der Waals surface area contributed by atoms with E-state index < -0.39 is 0 Å². The molecule has 0 bridgehead atoms. The summed E-state index contributed by atoms with van der Waals surface area (Å²) in [5.74, 6) is 0.459. The monoisotopic (exact) mass is 253 g/mol. The number of pyridine rings is 1. The lowest BCUT2D eigenvalue weighted by Crippen LogP contribution is -2.13. The van der Waals surface area contributed by atoms with E-state index in [0.717, 1.165) is 18.7 Å². The van der Waals surface area contributed by atoms with Crippen LogP contribution in [0.5, 0.6) is 0 Å². The fourth-order valence-electron chi connectivity index (χ4n) is 2.17. The molecular formula is C15H15N3O. The zero-order valence-corrected chi connectivity index (χ0v) is 10.7. The highest BCUT2D eigenvalue weighted by Gasteiger charge is 2.13. The van der Waals surface area contributed by atoms with Gasteiger partial charge in [0.25, 0.3) is 5.91 Å². The minimum atomic E-state index is -0.119. The third-order valence-electron chi connectivity index (χ3n) is 3.25. The van der Waals surface area contributed by atoms with Crippen LogP contribution in [0.1, 0.15) is 27.0 Å². The van der Waals surface area contributed by atoms with Gasteiger partial charge >= 0.3 is 0 Å². The zero-order valence-electron chi connectivity index (χ0n) is 10.7. The smallest absolute Gasteiger partial charge is 0.256 e. The van der Waals surface area contributed by atoms with Gasteiger partial charge in [-0.2, -0.15) is 0 Å². The first-order valence-electron chi connectivity index (χ1n) is 6.29. The maximum absolute atomic E-state index is 12.1. The molecular weight excluding hydrogens is 238 g/mol. The summed E-state index contributed by atoms with van der Waals surface area (Å²) in [6.07, 6.45) is 1.74. The molecule has 0 atom stereocenters. The van der Waals surface area contributed by atoms with Crippen molar-refractivity contribution in [3.63, 3.8) is 0 Å². The van der Waals surface area contributed by atoms with Gasteiger partial charge in [0.2, 0.25) is 0 Å². The van der Waals surface area contributed by atoms with Gasteiger partial charge in [0.1, 0.15) is 5.82 Å². The van der Waals surface area contributed by atoms with E-state index >= 15 is 0 Å². The maximum Gasteiger partial charge on any atom is 0.256 e. The van der Waals surface area contributed by atoms with Crippen molar-refractivity contribution in [2.75, 3.05) is 5.32 Å². The van der Waals surface area contributed by atoms with Crippen LogP contribution in [0.2, 0.25) is 0 Å². The van der Waals surface area contributed by atoms with E-state index in [1.807, 2.05) is 37.3 Å². The normalized spacial score (nSPS) is 13.1. The second-order valence-electron chi connectivity index (χ2n) is 4.76. The van der Waals surface area contributed by atoms with Gasteiger partial charge in [0, 0.05) is 24.8 Å². The van der Waals surface area contributed by atoms with E-state index in [2.05, 4.69) is 15.6 Å². The van der Waals surface area contributed by atoms with Gasteiger partial charge in [-0.15, -0.1) is 0 Å². The summed E-state index contributed by atoms with van der Waals surface area (Å²) in [5.41, 5.74) is 4.21. The summed E-state index contributed by atoms with van der Waals surface area (Å²) in [5, 5.41) is 6.07. The molecule has 0 radical (unpaired) electrons. The first-order chi connectivity index (χ1) is 9.22. The Morgan fingerprint density at radius 1 is 1.21 bits per heavy atom. The summed E-state index contributed by atoms with van der Waals surface area (Å²) < 4.78 is 0. The molecule has 19 heavy (non-hydrogen) atoms. The standard InChI is InChI=1S/C15H15N3O/c1-10-2-5-14(17-7-10)18-15(19)11-3-4-12-8-16-9-13(12)6-11/h2-7,16H,8-9H2,1H3,(H,17,18,19). The number of carbonyl (C=O) groups excluding carboxylic acids is 1. The number of nitrogens with one attached hydrogen (secondary N) is 2. The second kappa shape index (κ2) is 4.82. The van der Waals surface area contributed by atoms with Crippen LogP contribution in [0.15, 0.2) is 36.5 Å². The van der Waals surface area contributed by atoms with Crippen LogP contribution in [0, 0.1) is 6.92 Å². The second-order valence-corrected chi connectivity index (χ2v) is 4.76. The van der Waals surface area contributed by atoms with Crippen LogP contribution >= 0.6 is 0 Å². The molecule has 2 aromatic rings. The number of carbonyl (C=O) groups is 1. The lowest BCUT2D eigenvalue weighted by molar-refractivity contribution is 0.102. The van der Waals surface area contributed by atoms with E-state index in [1.165, 1.54) is 11.1 Å². The van der Waals surface area contributed by atoms with Gasteiger partial charge in [-0.1, -0.05) is 12.1 Å². The zero-order chi connectivity index (χ0) is 13.2. The van der Waals surface area contributed by atoms with Gasteiger partial charge in [-0.3, -0.25) is 4.79 Å². The molecule has 4 heteroatoms. The fraction of sp³-hybridized carbons (Fsp3) is 0.200. The van der Waals surface area contributed by atoms with Gasteiger partial charge in [0.05, 0.1) is 0 Å². The molecule has 1 amide bonds. The average Bonchev–Trinajstić information content (AvgIpc) is 2.88. The molecule has 1 aliphatic rings. The number of aryl methyl sites for hydroxylation is 1. The van der Waals surface area contributed by atoms with E-state index in [1.54, 1.807) is 6.20 Å². The third-order valence-corrected chi connectivity index (χ3v) is 3.25. The number of rotatable bonds is 2. The summed E-state index contributed by atoms with van der Waals surface area (Å²) >= 11 is 0. The predicted octanol–water partition coefficient (Wildman–Crippen LogP) is 2.25. The van der Waals surface area contributed by atoms with Crippen molar-refractivity contribution >= 4 is 11.7 Å². The lowest BCUT2D eigenvalue weighted by Gasteiger charge is -2.06. The van der Waals surface area contributed by atoms with Crippen LogP contribution in [-0.2, 0) is 13.1 Å². The summed E-state index contributed by atoms with van der Waals surface area (Å²) in [7, 11) is 0. The predicted molar refractivity (Wildman–Crippen MR) is 73.9 cm³/mol. The first kappa shape index (κ1) is 11.9. The average molecular weight is 253 g/mol. The number of nitrogens with zero attached hydrogens (tertiary/aromatic N) is 1. The Morgan fingerprint density at radius 3 is 2.84 bits per heavy atom. The molecule has 96 valence electrons. The lowest BCUT2D eigenvalue weighted by atomic mass is 10.1. The first-order valence-corrected chi connectivity index (χ1v) is 6.29. The molecule has 3 rings (SSSR count). The molecule has 2 N–H and O–H groups in total. The Bertz CT molecular complexity index is 620. The summed E-state index contributed by atoms with van der Waals surface area (Å²) in [6.45, 7) is 3.68. The van der Waals surface area contributed by atoms with E-state index in [9.17, 15) is 4.79 Å². The van der Waals surface area contributed by atoms with Gasteiger partial charge in [0.15, 0.2) is 0 Å². The highest BCUT2D eigenvalue weighted by Crippen LogP contribution is 2.17. The van der Waals surface area contributed by atoms with Gasteiger partial charge < -0.3 is 10.6 Å². The molecule has 0 unspecified atom stereocenters. The number of hydrogen-bond acceptors (Lipinski definition) is 3. The Morgan fingerprint density at radius 2 is 2.05 bits per heavy atom. The van der Waals surface area contributed by atoms with Crippen molar-refractivity contribution < 1.29 is 4.79 Å². The maximum atomic E-state index is 12.1. The van der Waals surface area contributed by atoms with Gasteiger partial charge in [-0.05, 0) is 41.8 Å². The van der Waals surface area contributed by atoms with Crippen LogP contribution < -0.4 is 10.6 Å². The number of hydrogen-bond donors (Lipinski definition) is 2. The Balaban J connectivity index is 1.78. The minimum absolute atomic E-state index is 0.119. The van der Waals surface area contributed by atoms with Crippen molar-refractivity contribution in [2.45, 2.75) is 20.0 Å². The van der Waals surface area contributed by atoms with E-state index in [4.69, 9.17) is 0 Å². The quantitative estimate of drug-likeness (QED) is 0.863. The molecule has 2 heterocycles. The summed E-state index contributed by atoms with van der Waals surface area (Å²) in [6, 6.07) is 9.54. The molecule has 0 aliphatic carbocycles. The number of aromatic nitrogens is 1. The van der Waals surface area contributed by atoms with Crippen molar-refractivity contribution in [1.29, 1.82) is 0 Å². The largest absolute Gasteiger partial charge is 0.309 e. The molecule has 0 spiro atoms. The van der Waals surface area contributed by atoms with Crippen LogP contribution in [-0.4, -0.2) is 10.9 Å². The Kier molecular flexibility index (Phi) is 3.01. The van der Waals surface area contributed by atoms with Crippen molar-refractivity contribution in [2.24, 2.45) is 0 Å². The SMILES string of the molecule is Cc1ccc(NC(=O)c2ccc3c(c2)CNC3)nc1. The van der Waals surface area contributed by atoms with Crippen molar-refractivity contribution in [3.8, 4) is 0 Å². The number of benzene rings is 1. The number of amides is 1. The number of anilines is 1. The van der Waals surface area contributed by atoms with Crippen molar-refractivity contribution in [1.82, 2.24) is 10.3 Å². The molecule has 1 aromatic carbocycles. The van der Waals surface area contributed by atoms with Crippen LogP contribution in [0.25, 0.3) is 0 Å². The Labute approximate surface area is 111 Å². The van der Waals surface area contributed by atoms with E-state index in [0.29, 0.717) is 11.4 Å². The molecule has 0 saturated heterocycles. The topological polar surface area (TPSA) is 54.0 Å². The molecule has 1 aromatic heterocycles. The van der Waals surface area contributed by atoms with Gasteiger partial charge in [-0.25, -0.2) is 4.98 Å². The molecule has 0 saturated carbocycles. The fourth-order valence-corrected chi connectivity index (χ4v) is 2.17. The minimum Gasteiger partial charge on any atom is -0.309 e. The molecule has 1 aliphatic heterocycles.